The molecule has 0 saturated carbocycles. The molecule has 2 aliphatic rings. The van der Waals surface area contributed by atoms with Crippen LogP contribution < -0.4 is 74.9 Å². The summed E-state index contributed by atoms with van der Waals surface area (Å²) in [5.41, 5.74) is 8.05. The predicted octanol–water partition coefficient (Wildman–Crippen LogP) is -2.17. The quantitative estimate of drug-likeness (QED) is 0.0113. The van der Waals surface area contributed by atoms with Gasteiger partial charge in [-0.3, -0.25) is 81.6 Å². The van der Waals surface area contributed by atoms with Gasteiger partial charge in [-0.2, -0.15) is 0 Å². The van der Waals surface area contributed by atoms with Crippen LogP contribution in [0.15, 0.2) is 73.4 Å². The van der Waals surface area contributed by atoms with Gasteiger partial charge in [0.2, 0.25) is 76.8 Å². The molecule has 128 heavy (non-hydrogen) atoms. The van der Waals surface area contributed by atoms with E-state index in [1.807, 2.05) is 0 Å². The number of amides is 14. The number of fused-ring (bicyclic) bond motifs is 4. The number of hydrogen-bond acceptors (Lipinski definition) is 25. The number of carboxylic acids is 2. The predicted molar refractivity (Wildman–Crippen MR) is 469 cm³/mol. The molecule has 3 aromatic heterocycles. The Labute approximate surface area is 747 Å². The largest absolute Gasteiger partial charge is 0.481 e. The molecular weight excluding hydrogens is 1710 g/mol. The molecule has 2 aliphatic heterocycles. The molecule has 44 heteroatoms. The van der Waals surface area contributed by atoms with Crippen LogP contribution in [-0.2, 0) is 115 Å². The second kappa shape index (κ2) is 53.2. The Kier molecular flexibility index (Phi) is 42.9. The fourth-order valence-electron chi connectivity index (χ4n) is 13.9. The lowest BCUT2D eigenvalue weighted by atomic mass is 9.98. The number of para-hydroxylation sites is 2. The number of hydrogen-bond donors (Lipinski definition) is 20. The Balaban J connectivity index is 1.26. The van der Waals surface area contributed by atoms with Crippen molar-refractivity contribution in [3.05, 3.63) is 90.3 Å². The van der Waals surface area contributed by atoms with E-state index < -0.39 is 211 Å². The molecule has 0 aliphatic carbocycles. The van der Waals surface area contributed by atoms with Gasteiger partial charge in [-0.25, -0.2) is 4.98 Å². The molecule has 0 radical (unpaired) electrons. The van der Waals surface area contributed by atoms with E-state index in [1.165, 1.54) is 12.5 Å². The molecule has 5 aromatic rings. The maximum absolute atomic E-state index is 15.5. The van der Waals surface area contributed by atoms with Gasteiger partial charge in [-0.05, 0) is 73.6 Å². The summed E-state index contributed by atoms with van der Waals surface area (Å²) in [5, 5.41) is 66.2. The number of primary amides is 1. The minimum Gasteiger partial charge on any atom is -0.481 e. The van der Waals surface area contributed by atoms with Gasteiger partial charge < -0.3 is 124 Å². The van der Waals surface area contributed by atoms with Crippen LogP contribution >= 0.6 is 21.6 Å². The van der Waals surface area contributed by atoms with Gasteiger partial charge >= 0.3 is 11.9 Å². The molecule has 0 spiro atoms. The molecule has 13 atom stereocenters. The Morgan fingerprint density at radius 3 is 1.63 bits per heavy atom. The van der Waals surface area contributed by atoms with Crippen molar-refractivity contribution in [3.8, 4) is 12.3 Å². The number of imidazole rings is 1. The Hall–Kier alpha value is -11.7. The van der Waals surface area contributed by atoms with E-state index in [1.54, 1.807) is 102 Å². The van der Waals surface area contributed by atoms with Crippen LogP contribution in [0.2, 0.25) is 0 Å². The van der Waals surface area contributed by atoms with E-state index in [0.29, 0.717) is 58.7 Å². The molecule has 2 fully saturated rings. The van der Waals surface area contributed by atoms with Gasteiger partial charge in [0.05, 0.1) is 84.3 Å². The number of rotatable bonds is 40. The monoisotopic (exact) mass is 1830 g/mol. The number of aliphatic hydroxyl groups is 1. The highest BCUT2D eigenvalue weighted by molar-refractivity contribution is 8.76. The second-order valence-corrected chi connectivity index (χ2v) is 34.4. The van der Waals surface area contributed by atoms with Crippen LogP contribution in [0.1, 0.15) is 117 Å². The molecule has 7 rings (SSSR count). The van der Waals surface area contributed by atoms with Crippen molar-refractivity contribution in [2.45, 2.75) is 198 Å². The molecule has 2 aromatic carbocycles. The number of aromatic nitrogens is 4. The SMILES string of the molecule is C#CCCCC(=O)NCCOCCOCCOCCOCCN[C@@H](CC(=O)O)C(=O)N1[C@@H]2NC(=O)[C@@H]1CSSC[C@@H](C(=O)N[C@H](C(N)=O)[C@@H](C)O)NC(=O)[C@H](Cc1c[nH]c3ccccc13)NC(=O)[C@H](C(C)C)NC(=O)[C@H](CC(C)C)NC(=O)[C@H](CCC(=O)O)NC(=O)CNC(=O)[C@H](CC(C)C)NC(=O)[C@H](Cc1cnc[nH]1)NC(=O)[C@H](Cc1c[nH]c3ccccc13)NC2=O. The third-order valence-corrected chi connectivity index (χ3v) is 22.8. The lowest BCUT2D eigenvalue weighted by molar-refractivity contribution is -0.146. The van der Waals surface area contributed by atoms with Crippen molar-refractivity contribution in [1.82, 2.24) is 94.0 Å². The van der Waals surface area contributed by atoms with Crippen LogP contribution in [0, 0.1) is 30.1 Å². The Bertz CT molecular complexity index is 4640. The third kappa shape index (κ3) is 33.8. The first-order chi connectivity index (χ1) is 61.1. The van der Waals surface area contributed by atoms with E-state index in [0.717, 1.165) is 33.4 Å². The molecule has 2 saturated heterocycles. The highest BCUT2D eigenvalue weighted by Gasteiger charge is 2.49. The van der Waals surface area contributed by atoms with Crippen LogP contribution in [0.5, 0.6) is 0 Å². The zero-order valence-electron chi connectivity index (χ0n) is 72.5. The van der Waals surface area contributed by atoms with Crippen molar-refractivity contribution in [2.75, 3.05) is 84.0 Å². The molecule has 21 N–H and O–H groups in total. The van der Waals surface area contributed by atoms with Crippen molar-refractivity contribution in [2.24, 2.45) is 23.5 Å². The van der Waals surface area contributed by atoms with Crippen LogP contribution in [0.25, 0.3) is 21.8 Å². The molecule has 5 heterocycles. The average molecular weight is 1830 g/mol. The van der Waals surface area contributed by atoms with Gasteiger partial charge in [-0.15, -0.1) is 12.3 Å². The highest BCUT2D eigenvalue weighted by atomic mass is 33.1. The number of unbranched alkanes of at least 4 members (excludes halogenated alkanes) is 1. The minimum atomic E-state index is -2.07. The number of nitrogens with one attached hydrogen (secondary N) is 16. The molecule has 42 nitrogen and oxygen atoms in total. The Morgan fingerprint density at radius 2 is 1.09 bits per heavy atom. The topological polar surface area (TPSA) is 617 Å². The standard InChI is InChI=1S/C84H119N19O23S2/c1-9-10-11-20-66(105)88-24-26-124-28-30-126-32-31-125-29-27-123-25-23-87-63(38-69(109)110)84(122)103-65-44-128-127-43-64(80(118)101-71(49(8)104)72(85)111)99-77(115)60(35-50-39-89-55-18-14-12-16-53(50)55)97-82(120)70(48(6)7)100-79(117)59(34-47(4)5)95-75(113)57(21-22-68(107)108)93-67(106)42-91-74(112)58(33-46(2)3)94-78(116)62(37-52-41-86-45-92-52)96-76(114)61(98-83(121)73(103)102-81(65)119)36-51-40-90-56-19-15-13-17-54(51)56/h1,12-19,39-41,45-49,57-65,70-71,73,87,89-90,104H,10-11,20-38,42-44H2,2-8H3,(H2,85,111)(H,86,92)(H,88,105)(H,91,112)(H,93,106)(H,94,116)(H,95,113)(H,96,114)(H,97,120)(H,98,121)(H,99,115)(H,100,117)(H,101,118)(H,102,119)(H,107,108)(H,109,110)/t49-,57+,58+,59+,60+,61+,62+,63+,64+,65+,70+,71+,73+/m1/s1. The summed E-state index contributed by atoms with van der Waals surface area (Å²) in [4.78, 5) is 243. The summed E-state index contributed by atoms with van der Waals surface area (Å²) in [6, 6.07) is -4.27. The zero-order valence-corrected chi connectivity index (χ0v) is 74.1. The van der Waals surface area contributed by atoms with E-state index in [-0.39, 0.29) is 115 Å². The summed E-state index contributed by atoms with van der Waals surface area (Å²) in [7, 11) is 1.60. The number of terminal acetylenes is 1. The fourth-order valence-corrected chi connectivity index (χ4v) is 16.2. The Morgan fingerprint density at radius 1 is 0.578 bits per heavy atom. The zero-order chi connectivity index (χ0) is 93.5. The highest BCUT2D eigenvalue weighted by Crippen LogP contribution is 2.30. The lowest BCUT2D eigenvalue weighted by Gasteiger charge is -2.32. The number of H-pyrrole nitrogens is 3. The second-order valence-electron chi connectivity index (χ2n) is 31.9. The number of aliphatic hydroxyl groups excluding tert-OH is 1. The van der Waals surface area contributed by atoms with Crippen molar-refractivity contribution in [1.29, 1.82) is 0 Å². The third-order valence-electron chi connectivity index (χ3n) is 20.4. The number of carboxylic acid groups (broad SMARTS) is 2. The van der Waals surface area contributed by atoms with E-state index in [4.69, 9.17) is 31.1 Å². The molecule has 2 bridgehead atoms. The number of nitrogens with two attached hydrogens (primary N) is 1. The van der Waals surface area contributed by atoms with Crippen LogP contribution in [0.3, 0.4) is 0 Å². The van der Waals surface area contributed by atoms with E-state index in [9.17, 15) is 68.1 Å². The summed E-state index contributed by atoms with van der Waals surface area (Å²) < 4.78 is 22.4. The number of aliphatic carboxylic acids is 2. The van der Waals surface area contributed by atoms with Crippen molar-refractivity contribution >= 4 is 138 Å². The molecule has 14 amide bonds. The number of carbonyl (C=O) groups excluding carboxylic acids is 14. The number of benzene rings is 2. The van der Waals surface area contributed by atoms with Crippen molar-refractivity contribution in [3.63, 3.8) is 0 Å². The minimum absolute atomic E-state index is 0.0177. The number of carbonyl (C=O) groups is 16. The summed E-state index contributed by atoms with van der Waals surface area (Å²) in [5.74, 6) is -16.7. The number of nitrogens with zero attached hydrogens (tertiary/aromatic N) is 2. The summed E-state index contributed by atoms with van der Waals surface area (Å²) in [6.45, 7) is 11.5. The van der Waals surface area contributed by atoms with Gasteiger partial charge in [0.1, 0.15) is 60.4 Å². The maximum Gasteiger partial charge on any atom is 0.305 e. The molecular formula is C84H119N19O23S2. The summed E-state index contributed by atoms with van der Waals surface area (Å²) in [6.07, 6.45) is 5.37. The number of ether oxygens (including phenoxy) is 4. The average Bonchev–Trinajstić information content (AvgIpc) is 1.63. The van der Waals surface area contributed by atoms with E-state index >= 15 is 24.0 Å². The fraction of sp³-hybridized carbons (Fsp3) is 0.560. The van der Waals surface area contributed by atoms with E-state index in [2.05, 4.69) is 95.0 Å². The van der Waals surface area contributed by atoms with Crippen LogP contribution in [-0.4, -0.2) is 298 Å². The van der Waals surface area contributed by atoms with Crippen LogP contribution in [0.4, 0.5) is 0 Å². The first-order valence-electron chi connectivity index (χ1n) is 42.2. The van der Waals surface area contributed by atoms with Gasteiger partial charge in [0.25, 0.3) is 5.91 Å². The lowest BCUT2D eigenvalue weighted by Crippen LogP contribution is -2.62. The van der Waals surface area contributed by atoms with Gasteiger partial charge in [0, 0.05) is 109 Å². The number of aromatic amines is 3. The molecule has 0 unspecified atom stereocenters. The van der Waals surface area contributed by atoms with Gasteiger partial charge in [-0.1, -0.05) is 99.5 Å². The molecule has 700 valence electrons. The normalized spacial score (nSPS) is 21.5. The van der Waals surface area contributed by atoms with Crippen molar-refractivity contribution < 1.29 is 111 Å². The summed E-state index contributed by atoms with van der Waals surface area (Å²) >= 11 is 0. The first kappa shape index (κ1) is 103. The maximum atomic E-state index is 15.5. The van der Waals surface area contributed by atoms with Gasteiger partial charge in [0.15, 0.2) is 6.17 Å². The smallest absolute Gasteiger partial charge is 0.305 e. The first-order valence-corrected chi connectivity index (χ1v) is 44.7.